The van der Waals surface area contributed by atoms with Crippen LogP contribution in [0.2, 0.25) is 0 Å². The van der Waals surface area contributed by atoms with Gasteiger partial charge in [0.2, 0.25) is 0 Å². The van der Waals surface area contributed by atoms with E-state index in [4.69, 9.17) is 0 Å². The molecule has 7 rings (SSSR count). The third-order valence-electron chi connectivity index (χ3n) is 8.51. The van der Waals surface area contributed by atoms with Gasteiger partial charge in [-0.3, -0.25) is 19.7 Å². The molecule has 0 spiro atoms. The number of amides is 2. The van der Waals surface area contributed by atoms with Gasteiger partial charge in [-0.1, -0.05) is 48.5 Å². The molecular formula is C39H29N7O4S. The van der Waals surface area contributed by atoms with Crippen molar-refractivity contribution in [3.8, 4) is 17.2 Å². The summed E-state index contributed by atoms with van der Waals surface area (Å²) in [5.41, 5.74) is 5.59. The summed E-state index contributed by atoms with van der Waals surface area (Å²) in [6.07, 6.45) is 3.38. The third kappa shape index (κ3) is 7.01. The number of aromatic amines is 1. The molecule has 2 amide bonds. The number of carbonyl (C=O) groups is 2. The Morgan fingerprint density at radius 1 is 0.980 bits per heavy atom. The van der Waals surface area contributed by atoms with Crippen LogP contribution in [-0.4, -0.2) is 31.3 Å². The average molecular weight is 692 g/mol. The lowest BCUT2D eigenvalue weighted by Gasteiger charge is -2.24. The molecule has 0 atom stereocenters. The number of non-ortho nitro benzene ring substituents is 1. The van der Waals surface area contributed by atoms with Crippen molar-refractivity contribution in [2.45, 2.75) is 19.6 Å². The number of nitro benzene ring substituents is 1. The summed E-state index contributed by atoms with van der Waals surface area (Å²) in [4.78, 5) is 49.1. The van der Waals surface area contributed by atoms with Gasteiger partial charge in [0.1, 0.15) is 5.69 Å². The topological polar surface area (TPSA) is 150 Å². The number of H-pyrrole nitrogens is 1. The van der Waals surface area contributed by atoms with Gasteiger partial charge in [-0.2, -0.15) is 5.26 Å². The quantitative estimate of drug-likeness (QED) is 0.105. The van der Waals surface area contributed by atoms with Crippen LogP contribution in [0.3, 0.4) is 0 Å². The van der Waals surface area contributed by atoms with Crippen molar-refractivity contribution in [1.82, 2.24) is 19.9 Å². The average Bonchev–Trinajstić information content (AvgIpc) is 3.94. The first kappa shape index (κ1) is 32.7. The number of nitrogens with zero attached hydrogens (tertiary/aromatic N) is 5. The Kier molecular flexibility index (Phi) is 9.19. The third-order valence-corrected chi connectivity index (χ3v) is 9.39. The molecule has 3 aromatic heterocycles. The number of aromatic nitrogens is 3. The Morgan fingerprint density at radius 2 is 1.76 bits per heavy atom. The summed E-state index contributed by atoms with van der Waals surface area (Å²) in [7, 11) is 0. The van der Waals surface area contributed by atoms with Crippen LogP contribution in [0.25, 0.3) is 22.0 Å². The highest BCUT2D eigenvalue weighted by molar-refractivity contribution is 7.09. The number of fused-ring (bicyclic) bond motifs is 1. The van der Waals surface area contributed by atoms with Gasteiger partial charge in [0.05, 0.1) is 41.7 Å². The fourth-order valence-electron chi connectivity index (χ4n) is 5.92. The van der Waals surface area contributed by atoms with Crippen LogP contribution in [0, 0.1) is 21.4 Å². The van der Waals surface area contributed by atoms with E-state index in [-0.39, 0.29) is 29.6 Å². The number of anilines is 1. The van der Waals surface area contributed by atoms with Gasteiger partial charge in [0.15, 0.2) is 0 Å². The van der Waals surface area contributed by atoms with Gasteiger partial charge in [-0.05, 0) is 65.0 Å². The molecule has 0 aliphatic carbocycles. The summed E-state index contributed by atoms with van der Waals surface area (Å²) < 4.78 is 1.93. The lowest BCUT2D eigenvalue weighted by molar-refractivity contribution is -0.384. The van der Waals surface area contributed by atoms with E-state index in [1.54, 1.807) is 40.9 Å². The summed E-state index contributed by atoms with van der Waals surface area (Å²) >= 11 is 1.56. The van der Waals surface area contributed by atoms with Crippen LogP contribution in [0.15, 0.2) is 127 Å². The summed E-state index contributed by atoms with van der Waals surface area (Å²) in [5.74, 6) is -0.633. The second kappa shape index (κ2) is 14.3. The lowest BCUT2D eigenvalue weighted by atomic mass is 10.0. The van der Waals surface area contributed by atoms with Crippen molar-refractivity contribution < 1.29 is 14.5 Å². The first-order valence-corrected chi connectivity index (χ1v) is 16.8. The maximum absolute atomic E-state index is 14.3. The monoisotopic (exact) mass is 691 g/mol. The van der Waals surface area contributed by atoms with Gasteiger partial charge in [-0.25, -0.2) is 4.98 Å². The van der Waals surface area contributed by atoms with E-state index in [1.165, 1.54) is 24.3 Å². The van der Waals surface area contributed by atoms with Crippen molar-refractivity contribution >= 4 is 45.4 Å². The van der Waals surface area contributed by atoms with Crippen molar-refractivity contribution in [1.29, 1.82) is 5.26 Å². The van der Waals surface area contributed by atoms with Crippen molar-refractivity contribution in [2.24, 2.45) is 0 Å². The van der Waals surface area contributed by atoms with Gasteiger partial charge in [0, 0.05) is 57.5 Å². The molecule has 7 aromatic rings. The van der Waals surface area contributed by atoms with E-state index in [2.05, 4.69) is 21.4 Å². The molecule has 0 aliphatic heterocycles. The minimum Gasteiger partial charge on any atom is -0.350 e. The molecule has 4 aromatic carbocycles. The molecule has 0 saturated heterocycles. The number of thiophene rings is 1. The van der Waals surface area contributed by atoms with Crippen LogP contribution in [0.5, 0.6) is 0 Å². The van der Waals surface area contributed by atoms with Crippen molar-refractivity contribution in [3.05, 3.63) is 170 Å². The van der Waals surface area contributed by atoms with Gasteiger partial charge < -0.3 is 19.8 Å². The minimum atomic E-state index is -0.507. The maximum Gasteiger partial charge on any atom is 0.269 e. The number of nitriles is 1. The fraction of sp³-hybridized carbons (Fsp3) is 0.0769. The Labute approximate surface area is 296 Å². The molecular weight excluding hydrogens is 663 g/mol. The zero-order chi connectivity index (χ0) is 35.3. The largest absolute Gasteiger partial charge is 0.350 e. The molecule has 0 saturated carbocycles. The SMILES string of the molecule is N#Cc1ccc(Cn2cncc2CN(C(=O)c2ccc([N+](=O)[O-])cc2)c2ccc3[nH]c(C(=O)NCc4cccs4)c(-c4ccccc4)c3c2)cc1. The zero-order valence-electron chi connectivity index (χ0n) is 27.0. The summed E-state index contributed by atoms with van der Waals surface area (Å²) in [5, 5.41) is 26.3. The normalized spacial score (nSPS) is 10.9. The van der Waals surface area contributed by atoms with Crippen LogP contribution < -0.4 is 10.2 Å². The van der Waals surface area contributed by atoms with Crippen LogP contribution in [-0.2, 0) is 19.6 Å². The second-order valence-electron chi connectivity index (χ2n) is 11.7. The van der Waals surface area contributed by atoms with Crippen LogP contribution >= 0.6 is 11.3 Å². The molecule has 0 radical (unpaired) electrons. The molecule has 2 N–H and O–H groups in total. The first-order chi connectivity index (χ1) is 24.9. The lowest BCUT2D eigenvalue weighted by Crippen LogP contribution is -2.31. The molecule has 0 unspecified atom stereocenters. The second-order valence-corrected chi connectivity index (χ2v) is 12.8. The first-order valence-electron chi connectivity index (χ1n) is 15.9. The molecule has 0 bridgehead atoms. The van der Waals surface area contributed by atoms with E-state index in [0.717, 1.165) is 27.1 Å². The molecule has 0 fully saturated rings. The molecule has 11 nitrogen and oxygen atoms in total. The van der Waals surface area contributed by atoms with E-state index in [9.17, 15) is 25.0 Å². The van der Waals surface area contributed by atoms with E-state index < -0.39 is 4.92 Å². The van der Waals surface area contributed by atoms with E-state index >= 15 is 0 Å². The van der Waals surface area contributed by atoms with Crippen LogP contribution in [0.1, 0.15) is 42.5 Å². The molecule has 51 heavy (non-hydrogen) atoms. The number of benzene rings is 4. The Morgan fingerprint density at radius 3 is 2.47 bits per heavy atom. The molecule has 250 valence electrons. The van der Waals surface area contributed by atoms with Gasteiger partial charge in [-0.15, -0.1) is 11.3 Å². The number of nitro groups is 1. The Balaban J connectivity index is 1.30. The van der Waals surface area contributed by atoms with E-state index in [0.29, 0.717) is 41.1 Å². The highest BCUT2D eigenvalue weighted by Gasteiger charge is 2.24. The standard InChI is InChI=1S/C39H29N7O4S/c40-20-26-8-10-27(11-9-26)23-44-25-41-21-32(44)24-45(39(48)29-12-14-30(15-13-29)46(49)50)31-16-17-35-34(19-31)36(28-5-2-1-3-6-28)37(43-35)38(47)42-22-33-7-4-18-51-33/h1-19,21,25,43H,22-24H2,(H,42,47). The smallest absolute Gasteiger partial charge is 0.269 e. The number of hydrogen-bond donors (Lipinski definition) is 2. The minimum absolute atomic E-state index is 0.121. The summed E-state index contributed by atoms with van der Waals surface area (Å²) in [6, 6.07) is 33.9. The van der Waals surface area contributed by atoms with Crippen LogP contribution in [0.4, 0.5) is 11.4 Å². The molecule has 12 heteroatoms. The molecule has 0 aliphatic rings. The number of hydrogen-bond acceptors (Lipinski definition) is 7. The Hall–Kier alpha value is -6.84. The number of nitrogens with one attached hydrogen (secondary N) is 2. The Bertz CT molecular complexity index is 2390. The van der Waals surface area contributed by atoms with Crippen molar-refractivity contribution in [2.75, 3.05) is 4.90 Å². The number of rotatable bonds is 11. The predicted molar refractivity (Wildman–Crippen MR) is 195 cm³/mol. The maximum atomic E-state index is 14.3. The van der Waals surface area contributed by atoms with Gasteiger partial charge >= 0.3 is 0 Å². The van der Waals surface area contributed by atoms with Gasteiger partial charge in [0.25, 0.3) is 17.5 Å². The van der Waals surface area contributed by atoms with Crippen molar-refractivity contribution in [3.63, 3.8) is 0 Å². The zero-order valence-corrected chi connectivity index (χ0v) is 27.8. The molecule has 3 heterocycles. The van der Waals surface area contributed by atoms with E-state index in [1.807, 2.05) is 82.7 Å². The fourth-order valence-corrected chi connectivity index (χ4v) is 6.56. The number of imidazole rings is 1. The highest BCUT2D eigenvalue weighted by Crippen LogP contribution is 2.36. The predicted octanol–water partition coefficient (Wildman–Crippen LogP) is 7.70. The number of carbonyl (C=O) groups excluding carboxylic acids is 2. The summed E-state index contributed by atoms with van der Waals surface area (Å²) in [6.45, 7) is 0.968. The highest BCUT2D eigenvalue weighted by atomic mass is 32.1.